The maximum Gasteiger partial charge on any atom is 0.220 e. The van der Waals surface area contributed by atoms with E-state index in [0.29, 0.717) is 12.8 Å². The predicted octanol–water partition coefficient (Wildman–Crippen LogP) is 16.5. The maximum absolute atomic E-state index is 13.4. The van der Waals surface area contributed by atoms with Crippen LogP contribution in [0.2, 0.25) is 0 Å². The molecule has 0 aromatic carbocycles. The highest BCUT2D eigenvalue weighted by atomic mass is 16.7. The van der Waals surface area contributed by atoms with E-state index in [1.54, 1.807) is 0 Å². The van der Waals surface area contributed by atoms with Gasteiger partial charge in [0, 0.05) is 6.42 Å². The molecule has 0 radical (unpaired) electrons. The van der Waals surface area contributed by atoms with Gasteiger partial charge in [-0.1, -0.05) is 334 Å². The second-order valence-corrected chi connectivity index (χ2v) is 27.5. The summed E-state index contributed by atoms with van der Waals surface area (Å²) < 4.78 is 23.0. The van der Waals surface area contributed by atoms with E-state index in [9.17, 15) is 45.6 Å². The Kier molecular flexibility index (Phi) is 56.9. The number of allylic oxidation sites excluding steroid dienone is 2. The monoisotopic (exact) mass is 1270 g/mol. The van der Waals surface area contributed by atoms with Crippen molar-refractivity contribution in [2.75, 3.05) is 19.8 Å². The van der Waals surface area contributed by atoms with Crippen molar-refractivity contribution in [2.45, 2.75) is 441 Å². The summed E-state index contributed by atoms with van der Waals surface area (Å²) in [5, 5.41) is 87.8. The van der Waals surface area contributed by atoms with Crippen LogP contribution in [0.4, 0.5) is 0 Å². The Hall–Kier alpha value is -1.27. The molecule has 0 spiro atoms. The third-order valence-corrected chi connectivity index (χ3v) is 19.2. The standard InChI is InChI=1S/C75H145NO13/c1-3-5-7-9-11-13-15-17-19-21-23-25-27-29-31-33-34-36-38-40-42-44-46-48-50-52-54-56-58-64(79)63(62-86-74-72(85)70(83)73(66(61-78)88-74)89-75-71(84)69(82)68(81)65(60-77)87-75)76-67(80)59-57-55-53-51-49-47-45-43-41-39-37-35-32-30-28-26-24-22-20-18-16-14-12-10-8-6-4-2/h22,24,63-66,68-75,77-79,81-85H,3-21,23,25-62H2,1-2H3,(H,76,80)/b24-22-. The fourth-order valence-corrected chi connectivity index (χ4v) is 13.1. The molecule has 528 valence electrons. The molecule has 2 aliphatic heterocycles. The van der Waals surface area contributed by atoms with E-state index in [2.05, 4.69) is 31.3 Å². The molecule has 14 heteroatoms. The minimum atomic E-state index is -1.78. The number of hydrogen-bond donors (Lipinski definition) is 9. The van der Waals surface area contributed by atoms with Gasteiger partial charge in [0.2, 0.25) is 5.91 Å². The van der Waals surface area contributed by atoms with Crippen molar-refractivity contribution in [2.24, 2.45) is 0 Å². The first-order valence-electron chi connectivity index (χ1n) is 38.4. The molecule has 2 rings (SSSR count). The number of aliphatic hydroxyl groups is 8. The van der Waals surface area contributed by atoms with Crippen molar-refractivity contribution in [1.82, 2.24) is 5.32 Å². The van der Waals surface area contributed by atoms with Gasteiger partial charge in [-0.25, -0.2) is 0 Å². The number of amides is 1. The molecule has 2 fully saturated rings. The molecule has 0 saturated carbocycles. The summed E-state index contributed by atoms with van der Waals surface area (Å²) in [4.78, 5) is 13.4. The van der Waals surface area contributed by atoms with Crippen LogP contribution in [0.15, 0.2) is 12.2 Å². The van der Waals surface area contributed by atoms with Gasteiger partial charge in [0.15, 0.2) is 12.6 Å². The topological polar surface area (TPSA) is 228 Å². The molecule has 2 heterocycles. The van der Waals surface area contributed by atoms with E-state index in [-0.39, 0.29) is 12.5 Å². The minimum absolute atomic E-state index is 0.198. The van der Waals surface area contributed by atoms with Gasteiger partial charge in [0.25, 0.3) is 0 Å². The van der Waals surface area contributed by atoms with Gasteiger partial charge in [-0.3, -0.25) is 4.79 Å². The average molecular weight is 1270 g/mol. The third kappa shape index (κ3) is 44.2. The Morgan fingerprint density at radius 1 is 0.393 bits per heavy atom. The number of carbonyl (C=O) groups excluding carboxylic acids is 1. The SMILES string of the molecule is CCCCCCCCCC/C=C\CCCCCCCCCCCCCCCCCC(=O)NC(COC1OC(CO)C(OC2OC(CO)C(O)C(O)C2O)C(O)C1O)C(O)CCCCCCCCCCCCCCCCCCCCCCCCCCCCCC. The number of carbonyl (C=O) groups is 1. The molecule has 12 atom stereocenters. The molecule has 12 unspecified atom stereocenters. The second-order valence-electron chi connectivity index (χ2n) is 27.5. The zero-order valence-electron chi connectivity index (χ0n) is 57.7. The van der Waals surface area contributed by atoms with Gasteiger partial charge in [0.05, 0.1) is 32.0 Å². The van der Waals surface area contributed by atoms with Crippen LogP contribution in [0.1, 0.15) is 367 Å². The lowest BCUT2D eigenvalue weighted by atomic mass is 9.97. The zero-order valence-corrected chi connectivity index (χ0v) is 57.7. The Balaban J connectivity index is 1.63. The molecule has 0 aromatic heterocycles. The lowest BCUT2D eigenvalue weighted by Gasteiger charge is -2.46. The van der Waals surface area contributed by atoms with Crippen LogP contribution in [0.5, 0.6) is 0 Å². The summed E-state index contributed by atoms with van der Waals surface area (Å²) in [6.45, 7) is 2.93. The van der Waals surface area contributed by atoms with Crippen molar-refractivity contribution < 1.29 is 64.6 Å². The molecule has 0 aliphatic carbocycles. The summed E-state index contributed by atoms with van der Waals surface area (Å²) in [6.07, 6.45) is 58.1. The number of ether oxygens (including phenoxy) is 4. The molecule has 2 aliphatic rings. The number of unbranched alkanes of at least 4 members (excludes halogenated alkanes) is 50. The largest absolute Gasteiger partial charge is 0.394 e. The first-order chi connectivity index (χ1) is 43.6. The predicted molar refractivity (Wildman–Crippen MR) is 365 cm³/mol. The lowest BCUT2D eigenvalue weighted by Crippen LogP contribution is -2.65. The fraction of sp³-hybridized carbons (Fsp3) is 0.960. The van der Waals surface area contributed by atoms with Crippen molar-refractivity contribution >= 4 is 5.91 Å². The average Bonchev–Trinajstić information content (AvgIpc) is 2.75. The number of rotatable bonds is 65. The molecule has 0 aromatic rings. The smallest absolute Gasteiger partial charge is 0.220 e. The van der Waals surface area contributed by atoms with Gasteiger partial charge >= 0.3 is 0 Å². The minimum Gasteiger partial charge on any atom is -0.394 e. The van der Waals surface area contributed by atoms with Crippen molar-refractivity contribution in [3.8, 4) is 0 Å². The van der Waals surface area contributed by atoms with Crippen LogP contribution >= 0.6 is 0 Å². The highest BCUT2D eigenvalue weighted by Crippen LogP contribution is 2.30. The number of aliphatic hydroxyl groups excluding tert-OH is 8. The molecule has 14 nitrogen and oxygen atoms in total. The Morgan fingerprint density at radius 3 is 1.07 bits per heavy atom. The summed E-state index contributed by atoms with van der Waals surface area (Å²) in [5.74, 6) is -0.198. The van der Waals surface area contributed by atoms with Gasteiger partial charge < -0.3 is 65.1 Å². The Morgan fingerprint density at radius 2 is 0.708 bits per heavy atom. The van der Waals surface area contributed by atoms with Gasteiger partial charge in [0.1, 0.15) is 48.8 Å². The first kappa shape index (κ1) is 83.8. The van der Waals surface area contributed by atoms with Gasteiger partial charge in [-0.05, 0) is 38.5 Å². The van der Waals surface area contributed by atoms with Crippen LogP contribution in [0.25, 0.3) is 0 Å². The van der Waals surface area contributed by atoms with E-state index in [0.717, 1.165) is 51.4 Å². The van der Waals surface area contributed by atoms with Gasteiger partial charge in [-0.15, -0.1) is 0 Å². The highest BCUT2D eigenvalue weighted by molar-refractivity contribution is 5.76. The quantitative estimate of drug-likeness (QED) is 0.0204. The normalized spacial score (nSPS) is 23.0. The van der Waals surface area contributed by atoms with E-state index in [1.807, 2.05) is 0 Å². The molecule has 2 saturated heterocycles. The summed E-state index contributed by atoms with van der Waals surface area (Å²) in [7, 11) is 0. The van der Waals surface area contributed by atoms with Crippen molar-refractivity contribution in [3.05, 3.63) is 12.2 Å². The second kappa shape index (κ2) is 60.4. The Labute approximate surface area is 546 Å². The fourth-order valence-electron chi connectivity index (χ4n) is 13.1. The Bertz CT molecular complexity index is 1540. The van der Waals surface area contributed by atoms with Crippen LogP contribution in [0, 0.1) is 0 Å². The van der Waals surface area contributed by atoms with Crippen LogP contribution in [-0.4, -0.2) is 140 Å². The first-order valence-corrected chi connectivity index (χ1v) is 38.4. The van der Waals surface area contributed by atoms with E-state index >= 15 is 0 Å². The highest BCUT2D eigenvalue weighted by Gasteiger charge is 2.51. The molecule has 0 bridgehead atoms. The molecular formula is C75H145NO13. The molecular weight excluding hydrogens is 1120 g/mol. The third-order valence-electron chi connectivity index (χ3n) is 19.2. The van der Waals surface area contributed by atoms with E-state index in [1.165, 1.54) is 289 Å². The van der Waals surface area contributed by atoms with Crippen LogP contribution < -0.4 is 5.32 Å². The number of hydrogen-bond acceptors (Lipinski definition) is 13. The van der Waals surface area contributed by atoms with Gasteiger partial charge in [-0.2, -0.15) is 0 Å². The summed E-state index contributed by atoms with van der Waals surface area (Å²) in [6, 6.07) is -0.827. The van der Waals surface area contributed by atoms with E-state index < -0.39 is 86.8 Å². The maximum atomic E-state index is 13.4. The summed E-state index contributed by atoms with van der Waals surface area (Å²) in [5.41, 5.74) is 0. The summed E-state index contributed by atoms with van der Waals surface area (Å²) >= 11 is 0. The molecule has 89 heavy (non-hydrogen) atoms. The van der Waals surface area contributed by atoms with E-state index in [4.69, 9.17) is 18.9 Å². The zero-order chi connectivity index (χ0) is 64.5. The van der Waals surface area contributed by atoms with Crippen LogP contribution in [0.3, 0.4) is 0 Å². The lowest BCUT2D eigenvalue weighted by molar-refractivity contribution is -0.359. The van der Waals surface area contributed by atoms with Crippen molar-refractivity contribution in [1.29, 1.82) is 0 Å². The number of nitrogens with one attached hydrogen (secondary N) is 1. The van der Waals surface area contributed by atoms with Crippen molar-refractivity contribution in [3.63, 3.8) is 0 Å². The molecule has 9 N–H and O–H groups in total. The molecule has 1 amide bonds. The van der Waals surface area contributed by atoms with Crippen LogP contribution in [-0.2, 0) is 23.7 Å².